The van der Waals surface area contributed by atoms with Gasteiger partial charge in [0.1, 0.15) is 0 Å². The van der Waals surface area contributed by atoms with Gasteiger partial charge in [0.25, 0.3) is 11.3 Å². The molecule has 198 valence electrons. The molecule has 0 radical (unpaired) electrons. The summed E-state index contributed by atoms with van der Waals surface area (Å²) in [4.78, 5) is 0. The predicted octanol–water partition coefficient (Wildman–Crippen LogP) is 7.31. The van der Waals surface area contributed by atoms with Gasteiger partial charge in [0.15, 0.2) is 46.5 Å². The Balaban J connectivity index is 2.35. The van der Waals surface area contributed by atoms with Gasteiger partial charge in [-0.2, -0.15) is 35.1 Å². The summed E-state index contributed by atoms with van der Waals surface area (Å²) in [6, 6.07) is 0. The summed E-state index contributed by atoms with van der Waals surface area (Å²) in [5, 5.41) is 0. The fraction of sp³-hybridized carbons (Fsp3) is 0.333. The van der Waals surface area contributed by atoms with E-state index in [1.165, 1.54) is 0 Å². The molecule has 0 amide bonds. The first-order chi connectivity index (χ1) is 16.0. The Bertz CT molecular complexity index is 1260. The predicted molar refractivity (Wildman–Crippen MR) is 75.8 cm³/mol. The van der Waals surface area contributed by atoms with Crippen molar-refractivity contribution < 1.29 is 79.0 Å². The Morgan fingerprint density at radius 2 is 0.472 bits per heavy atom. The SMILES string of the molecule is Fc1c(F)c(F)c2c(c1F)C(F)(F)C(F)(F)C2(F)C1(F)c2c(F)c(F)c(F)c(F)c2C(F)(F)C1(F)F. The van der Waals surface area contributed by atoms with Gasteiger partial charge in [-0.15, -0.1) is 0 Å². The van der Waals surface area contributed by atoms with Crippen LogP contribution in [0.25, 0.3) is 0 Å². The molecule has 4 rings (SSSR count). The lowest BCUT2D eigenvalue weighted by Gasteiger charge is -2.42. The Hall–Kier alpha value is -2.82. The van der Waals surface area contributed by atoms with E-state index in [2.05, 4.69) is 0 Å². The molecule has 36 heavy (non-hydrogen) atoms. The number of hydrogen-bond acceptors (Lipinski definition) is 0. The van der Waals surface area contributed by atoms with Crippen molar-refractivity contribution in [3.8, 4) is 0 Å². The van der Waals surface area contributed by atoms with Gasteiger partial charge in [0, 0.05) is 0 Å². The molecule has 2 aliphatic rings. The van der Waals surface area contributed by atoms with Gasteiger partial charge < -0.3 is 0 Å². The molecular formula is C18F18. The fourth-order valence-corrected chi connectivity index (χ4v) is 4.34. The summed E-state index contributed by atoms with van der Waals surface area (Å²) in [6.07, 6.45) is 0. The average molecular weight is 558 g/mol. The minimum atomic E-state index is -7.46. The minimum Gasteiger partial charge on any atom is -0.227 e. The van der Waals surface area contributed by atoms with Gasteiger partial charge >= 0.3 is 23.7 Å². The summed E-state index contributed by atoms with van der Waals surface area (Å²) in [7, 11) is 0. The smallest absolute Gasteiger partial charge is 0.227 e. The monoisotopic (exact) mass is 558 g/mol. The van der Waals surface area contributed by atoms with Crippen LogP contribution in [0.2, 0.25) is 0 Å². The standard InChI is InChI=1S/C18F18/c19-5-1-3(7(21)11(25)9(5)23)15(29,30)17(33,34)13(1,27)14(28)2-4(16(31,32)18(14,35)36)8(22)12(26)10(24)6(2)20. The summed E-state index contributed by atoms with van der Waals surface area (Å²) in [6.45, 7) is 0. The Morgan fingerprint density at radius 1 is 0.278 bits per heavy atom. The highest BCUT2D eigenvalue weighted by atomic mass is 19.3. The molecule has 2 aromatic rings. The third kappa shape index (κ3) is 2.18. The van der Waals surface area contributed by atoms with E-state index in [1.54, 1.807) is 0 Å². The third-order valence-corrected chi connectivity index (χ3v) is 5.98. The number of rotatable bonds is 1. The van der Waals surface area contributed by atoms with Gasteiger partial charge in [0.2, 0.25) is 0 Å². The average Bonchev–Trinajstić information content (AvgIpc) is 2.99. The van der Waals surface area contributed by atoms with E-state index in [0.717, 1.165) is 0 Å². The molecule has 0 fully saturated rings. The van der Waals surface area contributed by atoms with E-state index in [9.17, 15) is 70.2 Å². The molecule has 0 saturated heterocycles. The molecule has 0 aromatic heterocycles. The summed E-state index contributed by atoms with van der Waals surface area (Å²) < 4.78 is 259. The van der Waals surface area contributed by atoms with Crippen molar-refractivity contribution in [2.75, 3.05) is 0 Å². The van der Waals surface area contributed by atoms with Crippen LogP contribution in [0, 0.1) is 46.5 Å². The van der Waals surface area contributed by atoms with Crippen LogP contribution in [0.1, 0.15) is 22.3 Å². The second kappa shape index (κ2) is 6.54. The number of halogens is 18. The Kier molecular flexibility index (Phi) is 4.77. The molecule has 2 aromatic carbocycles. The normalized spacial score (nSPS) is 28.8. The van der Waals surface area contributed by atoms with E-state index in [0.29, 0.717) is 0 Å². The molecule has 2 unspecified atom stereocenters. The first-order valence-corrected chi connectivity index (χ1v) is 8.65. The lowest BCUT2D eigenvalue weighted by molar-refractivity contribution is -0.356. The zero-order valence-electron chi connectivity index (χ0n) is 15.8. The number of hydrogen-bond donors (Lipinski definition) is 0. The largest absolute Gasteiger partial charge is 0.355 e. The van der Waals surface area contributed by atoms with Crippen LogP contribution in [0.5, 0.6) is 0 Å². The van der Waals surface area contributed by atoms with E-state index in [-0.39, 0.29) is 0 Å². The van der Waals surface area contributed by atoms with Crippen LogP contribution in [0.3, 0.4) is 0 Å². The zero-order valence-corrected chi connectivity index (χ0v) is 15.8. The fourth-order valence-electron chi connectivity index (χ4n) is 4.34. The maximum Gasteiger partial charge on any atom is 0.355 e. The molecule has 18 heteroatoms. The molecule has 2 atom stereocenters. The maximum absolute atomic E-state index is 15.9. The van der Waals surface area contributed by atoms with Gasteiger partial charge in [-0.25, -0.2) is 43.9 Å². The second-order valence-electron chi connectivity index (χ2n) is 7.63. The Labute approximate surface area is 184 Å². The van der Waals surface area contributed by atoms with Crippen molar-refractivity contribution in [1.82, 2.24) is 0 Å². The minimum absolute atomic E-state index is 3.41. The molecule has 0 bridgehead atoms. The van der Waals surface area contributed by atoms with Crippen LogP contribution in [0.4, 0.5) is 79.0 Å². The van der Waals surface area contributed by atoms with E-state index in [1.807, 2.05) is 0 Å². The van der Waals surface area contributed by atoms with Crippen molar-refractivity contribution in [3.63, 3.8) is 0 Å². The molecule has 2 aliphatic carbocycles. The molecule has 0 aliphatic heterocycles. The highest BCUT2D eigenvalue weighted by molar-refractivity contribution is 5.58. The van der Waals surface area contributed by atoms with Gasteiger partial charge in [-0.05, 0) is 0 Å². The molecule has 0 nitrogen and oxygen atoms in total. The third-order valence-electron chi connectivity index (χ3n) is 5.98. The molecular weight excluding hydrogens is 558 g/mol. The van der Waals surface area contributed by atoms with Crippen molar-refractivity contribution in [3.05, 3.63) is 68.8 Å². The molecule has 0 N–H and O–H groups in total. The number of alkyl halides is 10. The second-order valence-corrected chi connectivity index (χ2v) is 7.63. The van der Waals surface area contributed by atoms with Crippen molar-refractivity contribution in [2.45, 2.75) is 35.0 Å². The van der Waals surface area contributed by atoms with Crippen LogP contribution < -0.4 is 0 Å². The lowest BCUT2D eigenvalue weighted by Crippen LogP contribution is -2.64. The number of benzene rings is 2. The zero-order chi connectivity index (χ0) is 27.9. The van der Waals surface area contributed by atoms with Gasteiger partial charge in [-0.3, -0.25) is 0 Å². The lowest BCUT2D eigenvalue weighted by atomic mass is 9.73. The van der Waals surface area contributed by atoms with Crippen molar-refractivity contribution in [2.24, 2.45) is 0 Å². The quantitative estimate of drug-likeness (QED) is 0.196. The highest BCUT2D eigenvalue weighted by Crippen LogP contribution is 2.77. The first kappa shape index (κ1) is 26.2. The Morgan fingerprint density at radius 3 is 0.694 bits per heavy atom. The van der Waals surface area contributed by atoms with Gasteiger partial charge in [0.05, 0.1) is 22.3 Å². The van der Waals surface area contributed by atoms with E-state index < -0.39 is 104 Å². The van der Waals surface area contributed by atoms with Crippen LogP contribution in [-0.2, 0) is 23.2 Å². The molecule has 0 spiro atoms. The van der Waals surface area contributed by atoms with Crippen LogP contribution in [0.15, 0.2) is 0 Å². The molecule has 0 saturated carbocycles. The summed E-state index contributed by atoms with van der Waals surface area (Å²) in [5.74, 6) is -57.4. The van der Waals surface area contributed by atoms with E-state index in [4.69, 9.17) is 0 Å². The first-order valence-electron chi connectivity index (χ1n) is 8.65. The van der Waals surface area contributed by atoms with E-state index >= 15 is 8.78 Å². The van der Waals surface area contributed by atoms with Gasteiger partial charge in [-0.1, -0.05) is 0 Å². The van der Waals surface area contributed by atoms with Crippen LogP contribution >= 0.6 is 0 Å². The summed E-state index contributed by atoms with van der Waals surface area (Å²) in [5.41, 5.74) is -29.6. The number of fused-ring (bicyclic) bond motifs is 2. The molecule has 0 heterocycles. The summed E-state index contributed by atoms with van der Waals surface area (Å²) >= 11 is 0. The highest BCUT2D eigenvalue weighted by Gasteiger charge is 2.96. The van der Waals surface area contributed by atoms with Crippen molar-refractivity contribution >= 4 is 0 Å². The topological polar surface area (TPSA) is 0 Å². The van der Waals surface area contributed by atoms with Crippen LogP contribution in [-0.4, -0.2) is 11.8 Å². The van der Waals surface area contributed by atoms with Crippen molar-refractivity contribution in [1.29, 1.82) is 0 Å². The maximum atomic E-state index is 15.9.